The van der Waals surface area contributed by atoms with Crippen molar-refractivity contribution < 1.29 is 39.3 Å². The van der Waals surface area contributed by atoms with Gasteiger partial charge in [-0.15, -0.1) is 0 Å². The third-order valence-electron chi connectivity index (χ3n) is 7.88. The third-order valence-corrected chi connectivity index (χ3v) is 7.88. The number of nitrogens with zero attached hydrogens (tertiary/aromatic N) is 2. The molecule has 0 spiro atoms. The Morgan fingerprint density at radius 1 is 1.17 bits per heavy atom. The standard InChI is InChI=1S/C25H34N2O9/c1-24(25(31,32)21(29)14-16-8-10-17(11-9-16)27(33)34)20(15-18(28)19-6-2-4-12-35-19)26(23(24)30)22-7-3-5-13-36-22/h8-11,18-20,22,28,31-32H,2-7,12-15H2,1H3. The van der Waals surface area contributed by atoms with Crippen LogP contribution in [0.2, 0.25) is 0 Å². The average Bonchev–Trinajstić information content (AvgIpc) is 2.89. The summed E-state index contributed by atoms with van der Waals surface area (Å²) >= 11 is 0. The van der Waals surface area contributed by atoms with Crippen LogP contribution in [0.5, 0.6) is 0 Å². The number of hydrogen-bond donors (Lipinski definition) is 3. The van der Waals surface area contributed by atoms with Crippen LogP contribution in [-0.2, 0) is 25.5 Å². The van der Waals surface area contributed by atoms with Gasteiger partial charge in [0.2, 0.25) is 11.7 Å². The molecule has 0 aromatic heterocycles. The van der Waals surface area contributed by atoms with Gasteiger partial charge in [0.05, 0.1) is 23.2 Å². The molecule has 1 aromatic carbocycles. The predicted molar refractivity (Wildman–Crippen MR) is 126 cm³/mol. The lowest BCUT2D eigenvalue weighted by molar-refractivity contribution is -0.384. The molecule has 3 fully saturated rings. The fourth-order valence-electron chi connectivity index (χ4n) is 5.55. The lowest BCUT2D eigenvalue weighted by atomic mass is 9.62. The Bertz CT molecular complexity index is 970. The third kappa shape index (κ3) is 4.78. The molecule has 198 valence electrons. The van der Waals surface area contributed by atoms with E-state index in [1.165, 1.54) is 36.1 Å². The van der Waals surface area contributed by atoms with E-state index >= 15 is 0 Å². The first kappa shape index (κ1) is 26.6. The Labute approximate surface area is 209 Å². The number of benzene rings is 1. The average molecular weight is 507 g/mol. The first-order valence-corrected chi connectivity index (χ1v) is 12.5. The number of non-ortho nitro benzene ring substituents is 1. The Balaban J connectivity index is 1.56. The van der Waals surface area contributed by atoms with Crippen molar-refractivity contribution >= 4 is 17.4 Å². The van der Waals surface area contributed by atoms with Gasteiger partial charge >= 0.3 is 0 Å². The van der Waals surface area contributed by atoms with Crippen molar-refractivity contribution in [2.75, 3.05) is 13.2 Å². The van der Waals surface area contributed by atoms with Crippen LogP contribution in [0.3, 0.4) is 0 Å². The molecule has 11 heteroatoms. The molecule has 1 aromatic rings. The minimum Gasteiger partial charge on any atom is -0.390 e. The maximum absolute atomic E-state index is 13.5. The number of likely N-dealkylation sites (tertiary alicyclic amines) is 1. The van der Waals surface area contributed by atoms with Crippen molar-refractivity contribution in [3.63, 3.8) is 0 Å². The van der Waals surface area contributed by atoms with Gasteiger partial charge in [0, 0.05) is 31.8 Å². The number of aliphatic hydroxyl groups excluding tert-OH is 1. The maximum atomic E-state index is 13.5. The molecule has 3 aliphatic heterocycles. The Morgan fingerprint density at radius 3 is 2.36 bits per heavy atom. The minimum atomic E-state index is -3.03. The lowest BCUT2D eigenvalue weighted by Crippen LogP contribution is -2.80. The number of hydrogen-bond acceptors (Lipinski definition) is 9. The van der Waals surface area contributed by atoms with E-state index in [9.17, 15) is 35.0 Å². The highest BCUT2D eigenvalue weighted by Gasteiger charge is 2.71. The number of ether oxygens (including phenoxy) is 2. The summed E-state index contributed by atoms with van der Waals surface area (Å²) in [7, 11) is 0. The number of Topliss-reactive ketones (excluding diaryl/α,β-unsaturated/α-hetero) is 1. The Morgan fingerprint density at radius 2 is 1.81 bits per heavy atom. The van der Waals surface area contributed by atoms with Gasteiger partial charge < -0.3 is 29.7 Å². The lowest BCUT2D eigenvalue weighted by Gasteiger charge is -2.61. The van der Waals surface area contributed by atoms with E-state index in [1.54, 1.807) is 0 Å². The normalized spacial score (nSPS) is 29.9. The molecule has 3 saturated heterocycles. The molecule has 11 nitrogen and oxygen atoms in total. The van der Waals surface area contributed by atoms with Crippen LogP contribution in [0, 0.1) is 15.5 Å². The predicted octanol–water partition coefficient (Wildman–Crippen LogP) is 1.45. The maximum Gasteiger partial charge on any atom is 0.269 e. The highest BCUT2D eigenvalue weighted by molar-refractivity contribution is 6.00. The van der Waals surface area contributed by atoms with Crippen LogP contribution in [0.4, 0.5) is 5.69 Å². The first-order chi connectivity index (χ1) is 17.1. The molecule has 3 aliphatic rings. The van der Waals surface area contributed by atoms with E-state index in [-0.39, 0.29) is 12.1 Å². The molecule has 5 unspecified atom stereocenters. The summed E-state index contributed by atoms with van der Waals surface area (Å²) in [5, 5.41) is 44.1. The molecule has 0 bridgehead atoms. The zero-order valence-corrected chi connectivity index (χ0v) is 20.4. The van der Waals surface area contributed by atoms with E-state index in [2.05, 4.69) is 0 Å². The molecular weight excluding hydrogens is 472 g/mol. The van der Waals surface area contributed by atoms with Crippen LogP contribution in [0.1, 0.15) is 57.4 Å². The van der Waals surface area contributed by atoms with Gasteiger partial charge in [-0.05, 0) is 57.4 Å². The fourth-order valence-corrected chi connectivity index (χ4v) is 5.55. The van der Waals surface area contributed by atoms with Crippen molar-refractivity contribution in [2.24, 2.45) is 5.41 Å². The van der Waals surface area contributed by atoms with Crippen LogP contribution < -0.4 is 0 Å². The second kappa shape index (κ2) is 10.5. The molecule has 1 amide bonds. The molecule has 3 heterocycles. The van der Waals surface area contributed by atoms with E-state index in [0.717, 1.165) is 25.7 Å². The Kier molecular flexibility index (Phi) is 7.77. The number of amides is 1. The molecule has 0 saturated carbocycles. The van der Waals surface area contributed by atoms with Crippen LogP contribution in [0.25, 0.3) is 0 Å². The topological polar surface area (TPSA) is 160 Å². The van der Waals surface area contributed by atoms with Gasteiger partial charge in [0.1, 0.15) is 11.6 Å². The summed E-state index contributed by atoms with van der Waals surface area (Å²) in [6, 6.07) is 4.30. The van der Waals surface area contributed by atoms with E-state index in [0.29, 0.717) is 31.6 Å². The number of β-lactam (4-membered cyclic amide) rings is 1. The largest absolute Gasteiger partial charge is 0.390 e. The summed E-state index contributed by atoms with van der Waals surface area (Å²) in [4.78, 5) is 38.3. The second-order valence-corrected chi connectivity index (χ2v) is 10.2. The van der Waals surface area contributed by atoms with Gasteiger partial charge in [-0.3, -0.25) is 19.7 Å². The smallest absolute Gasteiger partial charge is 0.269 e. The summed E-state index contributed by atoms with van der Waals surface area (Å²) < 4.78 is 11.5. The van der Waals surface area contributed by atoms with E-state index in [4.69, 9.17) is 9.47 Å². The molecule has 3 N–H and O–H groups in total. The number of carbonyl (C=O) groups is 2. The molecule has 0 aliphatic carbocycles. The van der Waals surface area contributed by atoms with Crippen LogP contribution in [-0.4, -0.2) is 80.3 Å². The number of rotatable bonds is 9. The van der Waals surface area contributed by atoms with Gasteiger partial charge in [-0.25, -0.2) is 0 Å². The van der Waals surface area contributed by atoms with Crippen molar-refractivity contribution in [3.05, 3.63) is 39.9 Å². The van der Waals surface area contributed by atoms with E-state index in [1.807, 2.05) is 0 Å². The summed E-state index contributed by atoms with van der Waals surface area (Å²) in [5.74, 6) is -4.67. The number of nitro groups is 1. The minimum absolute atomic E-state index is 0.000445. The van der Waals surface area contributed by atoms with Gasteiger partial charge in [0.25, 0.3) is 5.69 Å². The number of ketones is 1. The monoisotopic (exact) mass is 506 g/mol. The van der Waals surface area contributed by atoms with Crippen molar-refractivity contribution in [1.29, 1.82) is 0 Å². The zero-order valence-electron chi connectivity index (χ0n) is 20.4. The molecule has 5 atom stereocenters. The number of aliphatic hydroxyl groups is 3. The SMILES string of the molecule is CC1(C(O)(O)C(=O)Cc2ccc([N+](=O)[O-])cc2)C(=O)N(C2CCCCO2)C1CC(O)C1CCCCO1. The second-order valence-electron chi connectivity index (χ2n) is 10.2. The summed E-state index contributed by atoms with van der Waals surface area (Å²) in [6.07, 6.45) is 2.33. The number of nitro benzene ring substituents is 1. The molecular formula is C25H34N2O9. The number of carbonyl (C=O) groups excluding carboxylic acids is 2. The van der Waals surface area contributed by atoms with Gasteiger partial charge in [0.15, 0.2) is 5.78 Å². The summed E-state index contributed by atoms with van der Waals surface area (Å²) in [5.41, 5.74) is -1.73. The fraction of sp³-hybridized carbons (Fsp3) is 0.680. The summed E-state index contributed by atoms with van der Waals surface area (Å²) in [6.45, 7) is 2.33. The Hall–Kier alpha value is -2.44. The molecule has 4 rings (SSSR count). The highest BCUT2D eigenvalue weighted by Crippen LogP contribution is 2.51. The van der Waals surface area contributed by atoms with Crippen molar-refractivity contribution in [1.82, 2.24) is 4.90 Å². The molecule has 0 radical (unpaired) electrons. The quantitative estimate of drug-likeness (QED) is 0.195. The zero-order chi connectivity index (χ0) is 26.1. The van der Waals surface area contributed by atoms with Crippen LogP contribution >= 0.6 is 0 Å². The van der Waals surface area contributed by atoms with Gasteiger partial charge in [-0.1, -0.05) is 12.1 Å². The van der Waals surface area contributed by atoms with Crippen molar-refractivity contribution in [3.8, 4) is 0 Å². The van der Waals surface area contributed by atoms with Crippen molar-refractivity contribution in [2.45, 2.75) is 88.6 Å². The first-order valence-electron chi connectivity index (χ1n) is 12.5. The highest BCUT2D eigenvalue weighted by atomic mass is 16.6. The van der Waals surface area contributed by atoms with Crippen LogP contribution in [0.15, 0.2) is 24.3 Å². The van der Waals surface area contributed by atoms with E-state index < -0.39 is 58.7 Å². The molecule has 36 heavy (non-hydrogen) atoms. The van der Waals surface area contributed by atoms with Gasteiger partial charge in [-0.2, -0.15) is 0 Å².